The molecule has 0 aromatic rings. The van der Waals surface area contributed by atoms with Gasteiger partial charge in [-0.25, -0.2) is 0 Å². The molecule has 0 aromatic heterocycles. The third-order valence-corrected chi connectivity index (χ3v) is 5.79. The van der Waals surface area contributed by atoms with Crippen molar-refractivity contribution in [2.45, 2.75) is 77.0 Å². The van der Waals surface area contributed by atoms with Crippen molar-refractivity contribution in [3.63, 3.8) is 0 Å². The molecule has 10 N–H and O–H groups in total. The van der Waals surface area contributed by atoms with Crippen LogP contribution in [0.4, 0.5) is 0 Å². The van der Waals surface area contributed by atoms with Crippen LogP contribution in [0, 0.1) is 0 Å². The van der Waals surface area contributed by atoms with E-state index in [0.717, 1.165) is 117 Å². The van der Waals surface area contributed by atoms with Crippen molar-refractivity contribution < 1.29 is 9.59 Å². The van der Waals surface area contributed by atoms with Crippen LogP contribution >= 0.6 is 0 Å². The van der Waals surface area contributed by atoms with Crippen molar-refractivity contribution in [3.05, 3.63) is 0 Å². The molecule has 0 aliphatic heterocycles. The summed E-state index contributed by atoms with van der Waals surface area (Å²) in [6, 6.07) is 0. The maximum absolute atomic E-state index is 11.9. The van der Waals surface area contributed by atoms with Gasteiger partial charge in [0.2, 0.25) is 11.8 Å². The highest BCUT2D eigenvalue weighted by molar-refractivity contribution is 5.77. The number of nitrogens with one attached hydrogen (secondary N) is 6. The van der Waals surface area contributed by atoms with Gasteiger partial charge in [-0.15, -0.1) is 0 Å². The van der Waals surface area contributed by atoms with Crippen LogP contribution in [-0.2, 0) is 9.59 Å². The minimum atomic E-state index is 0.0800. The predicted molar refractivity (Wildman–Crippen MR) is 151 cm³/mol. The molecular formula is C26H58N8O2. The molecule has 0 aromatic carbocycles. The van der Waals surface area contributed by atoms with Gasteiger partial charge < -0.3 is 43.4 Å². The number of nitrogens with two attached hydrogens (primary N) is 2. The van der Waals surface area contributed by atoms with Gasteiger partial charge in [-0.1, -0.05) is 0 Å². The van der Waals surface area contributed by atoms with Gasteiger partial charge >= 0.3 is 0 Å². The second kappa shape index (κ2) is 29.9. The number of hydrogen-bond donors (Lipinski definition) is 8. The number of hydrogen-bond acceptors (Lipinski definition) is 8. The van der Waals surface area contributed by atoms with Crippen molar-refractivity contribution in [2.24, 2.45) is 11.5 Å². The Balaban J connectivity index is 3.27. The van der Waals surface area contributed by atoms with Crippen LogP contribution in [0.5, 0.6) is 0 Å². The Kier molecular flexibility index (Phi) is 28.8. The molecule has 0 spiro atoms. The quantitative estimate of drug-likeness (QED) is 0.0656. The zero-order valence-electron chi connectivity index (χ0n) is 22.9. The summed E-state index contributed by atoms with van der Waals surface area (Å²) in [5.74, 6) is 0.160. The highest BCUT2D eigenvalue weighted by Crippen LogP contribution is 2.00. The molecule has 36 heavy (non-hydrogen) atoms. The molecule has 0 saturated carbocycles. The first-order valence-corrected chi connectivity index (χ1v) is 14.5. The maximum Gasteiger partial charge on any atom is 0.219 e. The third-order valence-electron chi connectivity index (χ3n) is 5.79. The van der Waals surface area contributed by atoms with Crippen LogP contribution < -0.4 is 43.4 Å². The molecule has 10 nitrogen and oxygen atoms in total. The smallest absolute Gasteiger partial charge is 0.219 e. The van der Waals surface area contributed by atoms with Gasteiger partial charge in [-0.3, -0.25) is 9.59 Å². The first kappa shape index (κ1) is 34.7. The van der Waals surface area contributed by atoms with Crippen molar-refractivity contribution >= 4 is 11.8 Å². The highest BCUT2D eigenvalue weighted by atomic mass is 16.2. The lowest BCUT2D eigenvalue weighted by Crippen LogP contribution is -2.28. The molecule has 0 bridgehead atoms. The zero-order chi connectivity index (χ0) is 26.4. The molecular weight excluding hydrogens is 456 g/mol. The minimum Gasteiger partial charge on any atom is -0.356 e. The van der Waals surface area contributed by atoms with Gasteiger partial charge in [-0.05, 0) is 130 Å². The van der Waals surface area contributed by atoms with E-state index in [9.17, 15) is 9.59 Å². The number of carbonyl (C=O) groups is 2. The topological polar surface area (TPSA) is 158 Å². The Hall–Kier alpha value is -1.30. The zero-order valence-corrected chi connectivity index (χ0v) is 22.9. The Labute approximate surface area is 220 Å². The maximum atomic E-state index is 11.9. The normalized spacial score (nSPS) is 11.1. The summed E-state index contributed by atoms with van der Waals surface area (Å²) >= 11 is 0. The van der Waals surface area contributed by atoms with Crippen molar-refractivity contribution in [1.29, 1.82) is 0 Å². The van der Waals surface area contributed by atoms with E-state index in [1.807, 2.05) is 0 Å². The van der Waals surface area contributed by atoms with E-state index in [1.165, 1.54) is 12.8 Å². The monoisotopic (exact) mass is 514 g/mol. The standard InChI is InChI=1S/C26H58N8O2/c27-13-7-19-29-15-3-5-17-31-21-9-23-33-25(35)11-1-2-12-26(36)34-24-10-22-32-18-6-4-16-30-20-8-14-28/h29-32H,1-24,27-28H2,(H,33,35)(H,34,36). The van der Waals surface area contributed by atoms with Gasteiger partial charge in [0.15, 0.2) is 0 Å². The van der Waals surface area contributed by atoms with E-state index in [0.29, 0.717) is 25.9 Å². The molecule has 0 fully saturated rings. The summed E-state index contributed by atoms with van der Waals surface area (Å²) in [5.41, 5.74) is 10.9. The second-order valence-corrected chi connectivity index (χ2v) is 9.31. The van der Waals surface area contributed by atoms with Gasteiger partial charge in [0.25, 0.3) is 0 Å². The van der Waals surface area contributed by atoms with Crippen LogP contribution in [0.15, 0.2) is 0 Å². The Morgan fingerprint density at radius 2 is 0.694 bits per heavy atom. The summed E-state index contributed by atoms with van der Waals surface area (Å²) in [4.78, 5) is 23.8. The SMILES string of the molecule is NCCCNCCCCNCCCNC(=O)CCCCC(=O)NCCCNCCCCNCCCN. The molecule has 0 atom stereocenters. The lowest BCUT2D eigenvalue weighted by molar-refractivity contribution is -0.123. The summed E-state index contributed by atoms with van der Waals surface area (Å²) in [6.45, 7) is 10.9. The predicted octanol–water partition coefficient (Wildman–Crippen LogP) is 0.176. The van der Waals surface area contributed by atoms with Gasteiger partial charge in [0.05, 0.1) is 0 Å². The molecule has 2 amide bonds. The van der Waals surface area contributed by atoms with Crippen LogP contribution in [0.2, 0.25) is 0 Å². The van der Waals surface area contributed by atoms with Crippen LogP contribution in [-0.4, -0.2) is 90.4 Å². The number of amides is 2. The van der Waals surface area contributed by atoms with Gasteiger partial charge in [-0.2, -0.15) is 0 Å². The molecule has 0 aliphatic carbocycles. The summed E-state index contributed by atoms with van der Waals surface area (Å²) in [6.07, 6.45) is 11.1. The van der Waals surface area contributed by atoms with E-state index in [2.05, 4.69) is 31.9 Å². The lowest BCUT2D eigenvalue weighted by Gasteiger charge is -2.08. The molecule has 0 rings (SSSR count). The van der Waals surface area contributed by atoms with Crippen molar-refractivity contribution in [2.75, 3.05) is 78.5 Å². The van der Waals surface area contributed by atoms with E-state index in [1.54, 1.807) is 0 Å². The van der Waals surface area contributed by atoms with E-state index in [-0.39, 0.29) is 11.8 Å². The van der Waals surface area contributed by atoms with E-state index >= 15 is 0 Å². The third kappa shape index (κ3) is 28.9. The fourth-order valence-corrected chi connectivity index (χ4v) is 3.58. The summed E-state index contributed by atoms with van der Waals surface area (Å²) in [7, 11) is 0. The van der Waals surface area contributed by atoms with Crippen LogP contribution in [0.3, 0.4) is 0 Å². The van der Waals surface area contributed by atoms with Gasteiger partial charge in [0.1, 0.15) is 0 Å². The molecule has 0 saturated heterocycles. The highest BCUT2D eigenvalue weighted by Gasteiger charge is 2.04. The number of rotatable bonds is 29. The fourth-order valence-electron chi connectivity index (χ4n) is 3.58. The largest absolute Gasteiger partial charge is 0.356 e. The van der Waals surface area contributed by atoms with Crippen molar-refractivity contribution in [3.8, 4) is 0 Å². The molecule has 0 heterocycles. The second-order valence-electron chi connectivity index (χ2n) is 9.31. The van der Waals surface area contributed by atoms with E-state index in [4.69, 9.17) is 11.5 Å². The summed E-state index contributed by atoms with van der Waals surface area (Å²) in [5, 5.41) is 19.5. The van der Waals surface area contributed by atoms with E-state index < -0.39 is 0 Å². The fraction of sp³-hybridized carbons (Fsp3) is 0.923. The first-order valence-electron chi connectivity index (χ1n) is 14.5. The molecule has 0 aliphatic rings. The molecule has 0 unspecified atom stereocenters. The Bertz CT molecular complexity index is 441. The minimum absolute atomic E-state index is 0.0800. The van der Waals surface area contributed by atoms with Gasteiger partial charge in [0, 0.05) is 25.9 Å². The number of unbranched alkanes of at least 4 members (excludes halogenated alkanes) is 3. The molecule has 10 heteroatoms. The lowest BCUT2D eigenvalue weighted by atomic mass is 10.2. The van der Waals surface area contributed by atoms with Crippen LogP contribution in [0.25, 0.3) is 0 Å². The Morgan fingerprint density at radius 3 is 1.03 bits per heavy atom. The molecule has 214 valence electrons. The number of carbonyl (C=O) groups excluding carboxylic acids is 2. The van der Waals surface area contributed by atoms with Crippen LogP contribution in [0.1, 0.15) is 77.0 Å². The first-order chi connectivity index (χ1) is 17.7. The van der Waals surface area contributed by atoms with Crippen molar-refractivity contribution in [1.82, 2.24) is 31.9 Å². The molecule has 0 radical (unpaired) electrons. The average molecular weight is 515 g/mol. The average Bonchev–Trinajstić information content (AvgIpc) is 2.88. The summed E-state index contributed by atoms with van der Waals surface area (Å²) < 4.78 is 0. The Morgan fingerprint density at radius 1 is 0.389 bits per heavy atom.